The van der Waals surface area contributed by atoms with Crippen LogP contribution < -0.4 is 14.2 Å². The van der Waals surface area contributed by atoms with E-state index in [4.69, 9.17) is 14.2 Å². The Bertz CT molecular complexity index is 924. The number of ether oxygens (including phenoxy) is 3. The highest BCUT2D eigenvalue weighted by molar-refractivity contribution is 7.09. The van der Waals surface area contributed by atoms with Crippen LogP contribution >= 0.6 is 11.3 Å². The first-order chi connectivity index (χ1) is 13.0. The van der Waals surface area contributed by atoms with Crippen molar-refractivity contribution in [2.24, 2.45) is 0 Å². The third-order valence-corrected chi connectivity index (χ3v) is 4.59. The summed E-state index contributed by atoms with van der Waals surface area (Å²) in [5.74, 6) is 1.35. The molecule has 0 unspecified atom stereocenters. The largest absolute Gasteiger partial charge is 0.496 e. The summed E-state index contributed by atoms with van der Waals surface area (Å²) >= 11 is 1.45. The normalized spacial score (nSPS) is 10.4. The predicted molar refractivity (Wildman–Crippen MR) is 102 cm³/mol. The summed E-state index contributed by atoms with van der Waals surface area (Å²) in [6.07, 6.45) is 0. The zero-order valence-corrected chi connectivity index (χ0v) is 15.7. The maximum atomic E-state index is 11.2. The summed E-state index contributed by atoms with van der Waals surface area (Å²) in [7, 11) is 1.45. The molecule has 0 aliphatic heterocycles. The van der Waals surface area contributed by atoms with Gasteiger partial charge >= 0.3 is 5.69 Å². The molecule has 0 fully saturated rings. The summed E-state index contributed by atoms with van der Waals surface area (Å²) in [6.45, 7) is 2.51. The van der Waals surface area contributed by atoms with Gasteiger partial charge < -0.3 is 14.2 Å². The molecule has 3 rings (SSSR count). The van der Waals surface area contributed by atoms with Crippen LogP contribution in [0.3, 0.4) is 0 Å². The molecule has 0 N–H and O–H groups in total. The fraction of sp³-hybridized carbons (Fsp3) is 0.211. The van der Waals surface area contributed by atoms with E-state index in [2.05, 4.69) is 4.98 Å². The lowest BCUT2D eigenvalue weighted by atomic mass is 10.2. The molecule has 8 heteroatoms. The topological polar surface area (TPSA) is 83.7 Å². The van der Waals surface area contributed by atoms with Gasteiger partial charge in [-0.25, -0.2) is 4.98 Å². The van der Waals surface area contributed by atoms with Crippen LogP contribution in [0.25, 0.3) is 0 Å². The third-order valence-electron chi connectivity index (χ3n) is 3.72. The third kappa shape index (κ3) is 4.95. The van der Waals surface area contributed by atoms with Crippen molar-refractivity contribution in [3.63, 3.8) is 0 Å². The van der Waals surface area contributed by atoms with Crippen molar-refractivity contribution in [2.75, 3.05) is 7.11 Å². The number of benzene rings is 2. The lowest BCUT2D eigenvalue weighted by Gasteiger charge is -2.07. The molecule has 1 heterocycles. The van der Waals surface area contributed by atoms with E-state index in [0.29, 0.717) is 18.1 Å². The van der Waals surface area contributed by atoms with Crippen molar-refractivity contribution in [1.29, 1.82) is 0 Å². The molecule has 0 saturated heterocycles. The van der Waals surface area contributed by atoms with Crippen molar-refractivity contribution >= 4 is 17.0 Å². The quantitative estimate of drug-likeness (QED) is 0.418. The number of nitrogens with zero attached hydrogens (tertiary/aromatic N) is 2. The first-order valence-corrected chi connectivity index (χ1v) is 9.01. The fourth-order valence-corrected chi connectivity index (χ4v) is 2.99. The fourth-order valence-electron chi connectivity index (χ4n) is 2.30. The van der Waals surface area contributed by atoms with Crippen molar-refractivity contribution in [3.8, 4) is 17.2 Å². The zero-order chi connectivity index (χ0) is 19.2. The Hall–Kier alpha value is -3.13. The lowest BCUT2D eigenvalue weighted by Crippen LogP contribution is -2.01. The van der Waals surface area contributed by atoms with Gasteiger partial charge in [0.1, 0.15) is 29.7 Å². The van der Waals surface area contributed by atoms with Gasteiger partial charge in [-0.05, 0) is 31.2 Å². The second-order valence-electron chi connectivity index (χ2n) is 5.71. The minimum atomic E-state index is -0.500. The molecule has 0 aliphatic rings. The van der Waals surface area contributed by atoms with Crippen molar-refractivity contribution in [2.45, 2.75) is 20.1 Å². The Morgan fingerprint density at radius 2 is 1.81 bits per heavy atom. The minimum absolute atomic E-state index is 0.133. The Morgan fingerprint density at radius 3 is 2.52 bits per heavy atom. The van der Waals surface area contributed by atoms with Gasteiger partial charge in [0, 0.05) is 5.38 Å². The maximum absolute atomic E-state index is 11.2. The van der Waals surface area contributed by atoms with Crippen molar-refractivity contribution < 1.29 is 19.1 Å². The number of thiazole rings is 1. The number of methoxy groups -OCH3 is 1. The highest BCUT2D eigenvalue weighted by Gasteiger charge is 2.17. The molecule has 0 bridgehead atoms. The molecule has 3 aromatic rings. The van der Waals surface area contributed by atoms with Gasteiger partial charge in [0.25, 0.3) is 0 Å². The summed E-state index contributed by atoms with van der Waals surface area (Å²) < 4.78 is 16.3. The van der Waals surface area contributed by atoms with Crippen LogP contribution in [0.2, 0.25) is 0 Å². The monoisotopic (exact) mass is 386 g/mol. The Labute approximate surface area is 160 Å². The number of nitro benzene ring substituents is 1. The van der Waals surface area contributed by atoms with E-state index in [-0.39, 0.29) is 18.0 Å². The Balaban J connectivity index is 1.59. The molecule has 0 spiro atoms. The van der Waals surface area contributed by atoms with E-state index >= 15 is 0 Å². The molecule has 0 amide bonds. The van der Waals surface area contributed by atoms with Crippen LogP contribution in [-0.2, 0) is 13.2 Å². The van der Waals surface area contributed by atoms with E-state index in [9.17, 15) is 10.1 Å². The molecule has 0 saturated carbocycles. The van der Waals surface area contributed by atoms with E-state index in [1.807, 2.05) is 36.6 Å². The van der Waals surface area contributed by atoms with Gasteiger partial charge in [-0.1, -0.05) is 17.7 Å². The highest BCUT2D eigenvalue weighted by atomic mass is 32.1. The van der Waals surface area contributed by atoms with E-state index in [0.717, 1.165) is 10.8 Å². The van der Waals surface area contributed by atoms with Gasteiger partial charge in [0.15, 0.2) is 5.75 Å². The van der Waals surface area contributed by atoms with Crippen LogP contribution in [0.15, 0.2) is 47.8 Å². The lowest BCUT2D eigenvalue weighted by molar-refractivity contribution is -0.386. The van der Waals surface area contributed by atoms with Gasteiger partial charge in [-0.15, -0.1) is 11.3 Å². The molecular formula is C19H18N2O5S. The number of hydrogen-bond donors (Lipinski definition) is 0. The number of aromatic nitrogens is 1. The summed E-state index contributed by atoms with van der Waals surface area (Å²) in [5.41, 5.74) is 1.71. The molecule has 2 aromatic carbocycles. The smallest absolute Gasteiger partial charge is 0.314 e. The van der Waals surface area contributed by atoms with Crippen LogP contribution in [0.4, 0.5) is 5.69 Å². The molecule has 27 heavy (non-hydrogen) atoms. The number of rotatable bonds is 8. The van der Waals surface area contributed by atoms with Crippen LogP contribution in [0, 0.1) is 17.0 Å². The number of nitro groups is 1. The van der Waals surface area contributed by atoms with E-state index in [1.165, 1.54) is 36.1 Å². The van der Waals surface area contributed by atoms with Crippen LogP contribution in [0.1, 0.15) is 16.3 Å². The summed E-state index contributed by atoms with van der Waals surface area (Å²) in [5, 5.41) is 13.8. The molecule has 7 nitrogen and oxygen atoms in total. The zero-order valence-electron chi connectivity index (χ0n) is 14.9. The SMILES string of the molecule is COc1ccc(OCc2csc(COc3ccc(C)cc3)n2)c([N+](=O)[O-])c1. The maximum Gasteiger partial charge on any atom is 0.314 e. The Morgan fingerprint density at radius 1 is 1.07 bits per heavy atom. The Kier molecular flexibility index (Phi) is 5.87. The van der Waals surface area contributed by atoms with E-state index < -0.39 is 4.92 Å². The minimum Gasteiger partial charge on any atom is -0.496 e. The van der Waals surface area contributed by atoms with Gasteiger partial charge in [-0.2, -0.15) is 0 Å². The van der Waals surface area contributed by atoms with Crippen LogP contribution in [-0.4, -0.2) is 17.0 Å². The number of aryl methyl sites for hydroxylation is 1. The van der Waals surface area contributed by atoms with Crippen molar-refractivity contribution in [1.82, 2.24) is 4.98 Å². The first kappa shape index (κ1) is 18.7. The van der Waals surface area contributed by atoms with E-state index in [1.54, 1.807) is 6.07 Å². The van der Waals surface area contributed by atoms with Gasteiger partial charge in [0.05, 0.1) is 23.8 Å². The summed E-state index contributed by atoms with van der Waals surface area (Å²) in [6, 6.07) is 12.3. The van der Waals surface area contributed by atoms with Gasteiger partial charge in [-0.3, -0.25) is 10.1 Å². The molecule has 0 radical (unpaired) electrons. The molecule has 0 aliphatic carbocycles. The molecule has 140 valence electrons. The second-order valence-corrected chi connectivity index (χ2v) is 6.66. The standard InChI is InChI=1S/C19H18N2O5S/c1-13-3-5-15(6-4-13)25-11-19-20-14(12-27-19)10-26-18-8-7-16(24-2)9-17(18)21(22)23/h3-9,12H,10-11H2,1-2H3. The van der Waals surface area contributed by atoms with Crippen LogP contribution in [0.5, 0.6) is 17.2 Å². The average molecular weight is 386 g/mol. The van der Waals surface area contributed by atoms with Gasteiger partial charge in [0.2, 0.25) is 0 Å². The molecule has 0 atom stereocenters. The predicted octanol–water partition coefficient (Wildman–Crippen LogP) is 4.53. The average Bonchev–Trinajstić information content (AvgIpc) is 3.13. The molecular weight excluding hydrogens is 368 g/mol. The van der Waals surface area contributed by atoms with Crippen molar-refractivity contribution in [3.05, 3.63) is 74.2 Å². The molecule has 1 aromatic heterocycles. The summed E-state index contributed by atoms with van der Waals surface area (Å²) in [4.78, 5) is 15.1. The number of hydrogen-bond acceptors (Lipinski definition) is 7. The first-order valence-electron chi connectivity index (χ1n) is 8.13. The highest BCUT2D eigenvalue weighted by Crippen LogP contribution is 2.31. The second kappa shape index (κ2) is 8.50.